The summed E-state index contributed by atoms with van der Waals surface area (Å²) in [7, 11) is 0. The maximum Gasteiger partial charge on any atom is 0.227 e. The first-order chi connectivity index (χ1) is 28.4. The van der Waals surface area contributed by atoms with Gasteiger partial charge in [-0.15, -0.1) is 0 Å². The summed E-state index contributed by atoms with van der Waals surface area (Å²) in [5.41, 5.74) is 7.29. The fraction of sp³-hybridized carbons (Fsp3) is 0.180. The van der Waals surface area contributed by atoms with Crippen molar-refractivity contribution in [2.24, 2.45) is 30.0 Å². The summed E-state index contributed by atoms with van der Waals surface area (Å²) in [6.07, 6.45) is 0. The summed E-state index contributed by atoms with van der Waals surface area (Å²) < 4.78 is 6.09. The van der Waals surface area contributed by atoms with E-state index in [0.717, 1.165) is 88.1 Å². The molecule has 0 saturated carbocycles. The van der Waals surface area contributed by atoms with Gasteiger partial charge in [0.15, 0.2) is 5.58 Å². The van der Waals surface area contributed by atoms with Gasteiger partial charge in [-0.1, -0.05) is 66.7 Å². The Hall–Kier alpha value is -7.13. The molecule has 0 amide bonds. The second-order valence-electron chi connectivity index (χ2n) is 16.9. The van der Waals surface area contributed by atoms with Crippen LogP contribution in [0.5, 0.6) is 0 Å². The van der Waals surface area contributed by atoms with Gasteiger partial charge in [0.05, 0.1) is 33.1 Å². The summed E-state index contributed by atoms with van der Waals surface area (Å²) in [5, 5.41) is 7.33. The van der Waals surface area contributed by atoms with E-state index in [1.165, 1.54) is 10.8 Å². The zero-order valence-corrected chi connectivity index (χ0v) is 33.7. The third-order valence-corrected chi connectivity index (χ3v) is 11.1. The molecular formula is C50H40N8O. The normalized spacial score (nSPS) is 16.2. The number of benzene rings is 7. The molecule has 0 bridgehead atoms. The standard InChI is InChI=1S/C50H40N8O/c1-48(2)52-37-15-11-16-38(44(37)55-48)58(40-27-25-35(43-46(40)57-50(5,6)54-43)33-23-18-29-12-7-8-13-32(29)28-33)39-26-24-34(42-45(39)56-49(3,4)53-42)30-19-21-31(22-20-30)47-51-36-14-9-10-17-41(36)59-47/h7-28H,1-6H3. The minimum absolute atomic E-state index is 0.588. The number of aromatic nitrogens is 1. The van der Waals surface area contributed by atoms with Crippen molar-refractivity contribution in [3.8, 4) is 33.7 Å². The lowest BCUT2D eigenvalue weighted by atomic mass is 9.99. The number of para-hydroxylation sites is 3. The van der Waals surface area contributed by atoms with Gasteiger partial charge in [0.1, 0.15) is 38.6 Å². The van der Waals surface area contributed by atoms with Gasteiger partial charge < -0.3 is 9.32 Å². The van der Waals surface area contributed by atoms with Crippen molar-refractivity contribution in [3.63, 3.8) is 0 Å². The van der Waals surface area contributed by atoms with Gasteiger partial charge >= 0.3 is 0 Å². The van der Waals surface area contributed by atoms with Gasteiger partial charge in [0.25, 0.3) is 0 Å². The number of hydrogen-bond donors (Lipinski definition) is 0. The summed E-state index contributed by atoms with van der Waals surface area (Å²) in [4.78, 5) is 38.3. The van der Waals surface area contributed by atoms with Crippen molar-refractivity contribution < 1.29 is 4.42 Å². The maximum absolute atomic E-state index is 6.09. The van der Waals surface area contributed by atoms with E-state index in [0.29, 0.717) is 5.89 Å². The van der Waals surface area contributed by atoms with E-state index < -0.39 is 17.0 Å². The third-order valence-electron chi connectivity index (χ3n) is 11.1. The van der Waals surface area contributed by atoms with Crippen molar-refractivity contribution >= 4 is 38.9 Å². The molecular weight excluding hydrogens is 729 g/mol. The fourth-order valence-electron chi connectivity index (χ4n) is 8.59. The molecule has 0 radical (unpaired) electrons. The number of fused-ring (bicyclic) bond motifs is 5. The Morgan fingerprint density at radius 3 is 1.66 bits per heavy atom. The number of oxazole rings is 1. The van der Waals surface area contributed by atoms with Crippen LogP contribution in [0.25, 0.3) is 55.6 Å². The van der Waals surface area contributed by atoms with E-state index in [1.807, 2.05) is 58.0 Å². The lowest BCUT2D eigenvalue weighted by molar-refractivity contribution is 0.549. The van der Waals surface area contributed by atoms with Gasteiger partial charge in [-0.05, 0) is 130 Å². The van der Waals surface area contributed by atoms with E-state index in [1.54, 1.807) is 0 Å². The van der Waals surface area contributed by atoms with Crippen LogP contribution in [0.2, 0.25) is 0 Å². The smallest absolute Gasteiger partial charge is 0.227 e. The van der Waals surface area contributed by atoms with Crippen molar-refractivity contribution in [2.45, 2.75) is 58.5 Å². The number of nitrogens with zero attached hydrogens (tertiary/aromatic N) is 8. The van der Waals surface area contributed by atoms with Crippen LogP contribution in [-0.2, 0) is 0 Å². The zero-order chi connectivity index (χ0) is 40.3. The van der Waals surface area contributed by atoms with Gasteiger partial charge in [0.2, 0.25) is 5.89 Å². The molecule has 9 heteroatoms. The monoisotopic (exact) mass is 768 g/mol. The highest BCUT2D eigenvalue weighted by Crippen LogP contribution is 2.34. The summed E-state index contributed by atoms with van der Waals surface area (Å²) in [5.74, 6) is 0.588. The Morgan fingerprint density at radius 1 is 0.424 bits per heavy atom. The quantitative estimate of drug-likeness (QED) is 0.170. The van der Waals surface area contributed by atoms with Crippen molar-refractivity contribution in [3.05, 3.63) is 166 Å². The molecule has 4 heterocycles. The highest BCUT2D eigenvalue weighted by Gasteiger charge is 2.31. The van der Waals surface area contributed by atoms with Gasteiger partial charge in [-0.2, -0.15) is 0 Å². The number of hydrogen-bond acceptors (Lipinski definition) is 9. The van der Waals surface area contributed by atoms with Crippen molar-refractivity contribution in [1.29, 1.82) is 0 Å². The molecule has 8 aromatic rings. The Balaban J connectivity index is 1.13. The van der Waals surface area contributed by atoms with Gasteiger partial charge in [-0.3, -0.25) is 30.0 Å². The molecule has 1 aromatic heterocycles. The van der Waals surface area contributed by atoms with Gasteiger partial charge in [0, 0.05) is 16.7 Å². The molecule has 9 nitrogen and oxygen atoms in total. The first kappa shape index (κ1) is 35.1. The van der Waals surface area contributed by atoms with Crippen LogP contribution in [-0.4, -0.2) is 22.0 Å². The van der Waals surface area contributed by atoms with E-state index in [2.05, 4.69) is 122 Å². The van der Waals surface area contributed by atoms with Gasteiger partial charge in [-0.25, -0.2) is 4.98 Å². The minimum atomic E-state index is -0.694. The molecule has 0 unspecified atom stereocenters. The van der Waals surface area contributed by atoms with E-state index >= 15 is 0 Å². The average Bonchev–Trinajstić information content (AvgIpc) is 3.97. The zero-order valence-electron chi connectivity index (χ0n) is 33.7. The third kappa shape index (κ3) is 5.87. The molecule has 7 aromatic carbocycles. The van der Waals surface area contributed by atoms with Crippen LogP contribution in [0, 0.1) is 0 Å². The first-order valence-corrected chi connectivity index (χ1v) is 20.0. The molecule has 0 spiro atoms. The average molecular weight is 769 g/mol. The Kier molecular flexibility index (Phi) is 7.39. The summed E-state index contributed by atoms with van der Waals surface area (Å²) >= 11 is 0. The predicted molar refractivity (Wildman–Crippen MR) is 232 cm³/mol. The molecule has 0 atom stereocenters. The predicted octanol–water partition coefficient (Wildman–Crippen LogP) is 8.42. The Labute approximate surface area is 339 Å². The molecule has 286 valence electrons. The summed E-state index contributed by atoms with van der Waals surface area (Å²) in [6, 6.07) is 46.0. The molecule has 3 aliphatic heterocycles. The molecule has 0 fully saturated rings. The van der Waals surface area contributed by atoms with E-state index in [-0.39, 0.29) is 0 Å². The van der Waals surface area contributed by atoms with Crippen LogP contribution in [0.1, 0.15) is 41.5 Å². The van der Waals surface area contributed by atoms with E-state index in [9.17, 15) is 0 Å². The SMILES string of the molecule is CC1(C)N=c2cccc(N(c3ccc(-c4ccc(-c5nc6ccccc6o5)cc4)c4c3=NC(C)(C)N=4)c3ccc(-c4ccc5ccccc5c4)c4c3=NC(C)(C)N=4)c2=N1. The molecule has 0 saturated heterocycles. The van der Waals surface area contributed by atoms with Crippen molar-refractivity contribution in [2.75, 3.05) is 4.90 Å². The number of anilines is 3. The highest BCUT2D eigenvalue weighted by atomic mass is 16.3. The Bertz CT molecular complexity index is 3460. The van der Waals surface area contributed by atoms with Crippen LogP contribution < -0.4 is 37.0 Å². The van der Waals surface area contributed by atoms with Crippen LogP contribution in [0.3, 0.4) is 0 Å². The first-order valence-electron chi connectivity index (χ1n) is 20.0. The second-order valence-corrected chi connectivity index (χ2v) is 16.9. The lowest BCUT2D eigenvalue weighted by Gasteiger charge is -2.26. The summed E-state index contributed by atoms with van der Waals surface area (Å²) in [6.45, 7) is 12.3. The Morgan fingerprint density at radius 2 is 0.966 bits per heavy atom. The molecule has 0 aliphatic carbocycles. The lowest BCUT2D eigenvalue weighted by Crippen LogP contribution is -2.38. The van der Waals surface area contributed by atoms with E-state index in [4.69, 9.17) is 39.4 Å². The molecule has 0 N–H and O–H groups in total. The molecule has 59 heavy (non-hydrogen) atoms. The second kappa shape index (κ2) is 12.4. The molecule has 3 aliphatic rings. The highest BCUT2D eigenvalue weighted by molar-refractivity contribution is 5.88. The maximum atomic E-state index is 6.09. The van der Waals surface area contributed by atoms with Crippen LogP contribution in [0.15, 0.2) is 168 Å². The largest absolute Gasteiger partial charge is 0.436 e. The minimum Gasteiger partial charge on any atom is -0.436 e. The number of rotatable bonds is 6. The van der Waals surface area contributed by atoms with Crippen LogP contribution in [0.4, 0.5) is 17.1 Å². The fourth-order valence-corrected chi connectivity index (χ4v) is 8.59. The van der Waals surface area contributed by atoms with Crippen LogP contribution >= 0.6 is 0 Å². The van der Waals surface area contributed by atoms with Crippen molar-refractivity contribution in [1.82, 2.24) is 4.98 Å². The molecule has 11 rings (SSSR count). The topological polar surface area (TPSA) is 103 Å².